The van der Waals surface area contributed by atoms with Crippen LogP contribution in [0.2, 0.25) is 5.02 Å². The van der Waals surface area contributed by atoms with E-state index < -0.39 is 0 Å². The Kier molecular flexibility index (Phi) is 4.92. The Bertz CT molecular complexity index is 1280. The number of halogens is 2. The molecule has 154 valence electrons. The molecule has 0 N–H and O–H groups in total. The highest BCUT2D eigenvalue weighted by atomic mass is 79.9. The van der Waals surface area contributed by atoms with E-state index in [0.717, 1.165) is 12.0 Å². The second-order valence-corrected chi connectivity index (χ2v) is 8.29. The summed E-state index contributed by atoms with van der Waals surface area (Å²) in [6.45, 7) is 2.39. The van der Waals surface area contributed by atoms with Gasteiger partial charge < -0.3 is 9.26 Å². The zero-order valence-electron chi connectivity index (χ0n) is 15.8. The van der Waals surface area contributed by atoms with Gasteiger partial charge in [-0.05, 0) is 47.0 Å². The first-order valence-corrected chi connectivity index (χ1v) is 10.5. The molecule has 0 radical (unpaired) electrons. The SMILES string of the molecule is Cc1nc(Br)n2ncn(Cc3nc([C@@H]4CO[C@@H](c5ccc(Cl)cc5)C4)no3)c(=O)c12. The number of aryl methyl sites for hydroxylation is 1. The molecule has 1 aromatic carbocycles. The zero-order valence-corrected chi connectivity index (χ0v) is 18.2. The van der Waals surface area contributed by atoms with Crippen LogP contribution in [0.3, 0.4) is 0 Å². The molecule has 0 spiro atoms. The first-order valence-electron chi connectivity index (χ1n) is 9.29. The third-order valence-corrected chi connectivity index (χ3v) is 5.92. The van der Waals surface area contributed by atoms with Crippen molar-refractivity contribution in [3.63, 3.8) is 0 Å². The summed E-state index contributed by atoms with van der Waals surface area (Å²) in [5.74, 6) is 0.935. The van der Waals surface area contributed by atoms with Gasteiger partial charge in [0.15, 0.2) is 16.1 Å². The molecule has 1 aliphatic heterocycles. The average Bonchev–Trinajstić information content (AvgIpc) is 3.44. The van der Waals surface area contributed by atoms with Crippen LogP contribution in [-0.2, 0) is 11.3 Å². The van der Waals surface area contributed by atoms with Gasteiger partial charge in [0.25, 0.3) is 5.56 Å². The highest BCUT2D eigenvalue weighted by Gasteiger charge is 2.31. The van der Waals surface area contributed by atoms with Crippen molar-refractivity contribution in [3.05, 3.63) is 73.7 Å². The van der Waals surface area contributed by atoms with Crippen molar-refractivity contribution in [1.82, 2.24) is 29.3 Å². The lowest BCUT2D eigenvalue weighted by molar-refractivity contribution is 0.110. The molecular weight excluding hydrogens is 476 g/mol. The third kappa shape index (κ3) is 3.44. The van der Waals surface area contributed by atoms with Crippen molar-refractivity contribution >= 4 is 33.0 Å². The van der Waals surface area contributed by atoms with Crippen LogP contribution in [0.15, 0.2) is 44.6 Å². The standard InChI is InChI=1S/C19H16BrClN6O3/c1-10-16-18(28)26(9-22-27(16)19(20)23-10)7-15-24-17(25-30-15)12-6-14(29-8-12)11-2-4-13(21)5-3-11/h2-5,9,12,14H,6-8H2,1H3/t12-,14+/m0/s1. The maximum atomic E-state index is 12.8. The summed E-state index contributed by atoms with van der Waals surface area (Å²) in [5, 5.41) is 9.04. The minimum absolute atomic E-state index is 0.0218. The van der Waals surface area contributed by atoms with E-state index in [-0.39, 0.29) is 24.1 Å². The first kappa shape index (κ1) is 19.4. The quantitative estimate of drug-likeness (QED) is 0.432. The molecule has 1 aliphatic rings. The Labute approximate surface area is 183 Å². The number of ether oxygens (including phenoxy) is 1. The van der Waals surface area contributed by atoms with Crippen LogP contribution in [0.5, 0.6) is 0 Å². The maximum absolute atomic E-state index is 12.8. The lowest BCUT2D eigenvalue weighted by Gasteiger charge is -2.09. The number of aromatic nitrogens is 6. The number of imidazole rings is 1. The molecule has 11 heteroatoms. The second kappa shape index (κ2) is 7.60. The molecule has 4 heterocycles. The third-order valence-electron chi connectivity index (χ3n) is 5.15. The van der Waals surface area contributed by atoms with Gasteiger partial charge in [0.05, 0.1) is 18.4 Å². The van der Waals surface area contributed by atoms with Crippen LogP contribution in [0.25, 0.3) is 5.52 Å². The molecule has 1 fully saturated rings. The van der Waals surface area contributed by atoms with E-state index in [1.54, 1.807) is 6.92 Å². The van der Waals surface area contributed by atoms with Crippen molar-refractivity contribution < 1.29 is 9.26 Å². The van der Waals surface area contributed by atoms with E-state index in [0.29, 0.717) is 39.3 Å². The number of benzene rings is 1. The molecule has 9 nitrogen and oxygen atoms in total. The number of fused-ring (bicyclic) bond motifs is 1. The van der Waals surface area contributed by atoms with Crippen LogP contribution in [-0.4, -0.2) is 35.9 Å². The minimum atomic E-state index is -0.229. The van der Waals surface area contributed by atoms with Crippen LogP contribution in [0.1, 0.15) is 41.4 Å². The van der Waals surface area contributed by atoms with Gasteiger partial charge in [0.2, 0.25) is 5.89 Å². The number of hydrogen-bond acceptors (Lipinski definition) is 7. The van der Waals surface area contributed by atoms with E-state index >= 15 is 0 Å². The minimum Gasteiger partial charge on any atom is -0.373 e. The summed E-state index contributed by atoms with van der Waals surface area (Å²) in [6, 6.07) is 7.62. The zero-order chi connectivity index (χ0) is 20.8. The van der Waals surface area contributed by atoms with E-state index in [1.807, 2.05) is 24.3 Å². The molecule has 30 heavy (non-hydrogen) atoms. The fraction of sp³-hybridized carbons (Fsp3) is 0.316. The van der Waals surface area contributed by atoms with Gasteiger partial charge in [0, 0.05) is 10.9 Å². The molecule has 0 amide bonds. The molecule has 0 unspecified atom stereocenters. The lowest BCUT2D eigenvalue weighted by Crippen LogP contribution is -2.24. The van der Waals surface area contributed by atoms with Gasteiger partial charge in [-0.25, -0.2) is 9.50 Å². The van der Waals surface area contributed by atoms with E-state index in [9.17, 15) is 4.79 Å². The van der Waals surface area contributed by atoms with Crippen LogP contribution in [0, 0.1) is 6.92 Å². The fourth-order valence-electron chi connectivity index (χ4n) is 3.61. The van der Waals surface area contributed by atoms with Crippen molar-refractivity contribution in [2.24, 2.45) is 0 Å². The number of nitrogens with zero attached hydrogens (tertiary/aromatic N) is 6. The van der Waals surface area contributed by atoms with Crippen LogP contribution >= 0.6 is 27.5 Å². The van der Waals surface area contributed by atoms with Gasteiger partial charge in [0.1, 0.15) is 12.9 Å². The Balaban J connectivity index is 1.33. The second-order valence-electron chi connectivity index (χ2n) is 7.14. The van der Waals surface area contributed by atoms with Gasteiger partial charge in [-0.1, -0.05) is 28.9 Å². The Morgan fingerprint density at radius 2 is 2.07 bits per heavy atom. The molecule has 5 rings (SSSR count). The summed E-state index contributed by atoms with van der Waals surface area (Å²) in [6.07, 6.45) is 2.14. The van der Waals surface area contributed by atoms with E-state index in [2.05, 4.69) is 36.2 Å². The number of rotatable bonds is 4. The molecule has 3 aromatic heterocycles. The smallest absolute Gasteiger partial charge is 0.280 e. The molecule has 0 aliphatic carbocycles. The highest BCUT2D eigenvalue weighted by molar-refractivity contribution is 9.10. The molecule has 0 saturated carbocycles. The average molecular weight is 492 g/mol. The molecule has 0 bridgehead atoms. The van der Waals surface area contributed by atoms with Crippen molar-refractivity contribution in [2.45, 2.75) is 31.9 Å². The normalized spacial score (nSPS) is 19.0. The number of hydrogen-bond donors (Lipinski definition) is 0. The van der Waals surface area contributed by atoms with Gasteiger partial charge in [-0.15, -0.1) is 0 Å². The molecule has 1 saturated heterocycles. The summed E-state index contributed by atoms with van der Waals surface area (Å²) >= 11 is 9.25. The monoisotopic (exact) mass is 490 g/mol. The van der Waals surface area contributed by atoms with Crippen LogP contribution in [0.4, 0.5) is 0 Å². The van der Waals surface area contributed by atoms with E-state index in [1.165, 1.54) is 15.4 Å². The van der Waals surface area contributed by atoms with Crippen molar-refractivity contribution in [2.75, 3.05) is 6.61 Å². The predicted octanol–water partition coefficient (Wildman–Crippen LogP) is 3.29. The molecule has 2 atom stereocenters. The van der Waals surface area contributed by atoms with Gasteiger partial charge >= 0.3 is 0 Å². The fourth-order valence-corrected chi connectivity index (χ4v) is 4.27. The Hall–Kier alpha value is -2.56. The molecule has 4 aromatic rings. The Morgan fingerprint density at radius 3 is 2.87 bits per heavy atom. The molecular formula is C19H16BrClN6O3. The van der Waals surface area contributed by atoms with Crippen LogP contribution < -0.4 is 5.56 Å². The lowest BCUT2D eigenvalue weighted by atomic mass is 10.0. The summed E-state index contributed by atoms with van der Waals surface area (Å²) < 4.78 is 14.7. The van der Waals surface area contributed by atoms with Gasteiger partial charge in [-0.3, -0.25) is 9.36 Å². The summed E-state index contributed by atoms with van der Waals surface area (Å²) in [4.78, 5) is 21.5. The van der Waals surface area contributed by atoms with Crippen molar-refractivity contribution in [1.29, 1.82) is 0 Å². The van der Waals surface area contributed by atoms with Gasteiger partial charge in [-0.2, -0.15) is 10.1 Å². The topological polar surface area (TPSA) is 100 Å². The summed E-state index contributed by atoms with van der Waals surface area (Å²) in [5.41, 5.74) is 1.83. The predicted molar refractivity (Wildman–Crippen MR) is 111 cm³/mol. The largest absolute Gasteiger partial charge is 0.373 e. The Morgan fingerprint density at radius 1 is 1.27 bits per heavy atom. The van der Waals surface area contributed by atoms with Crippen molar-refractivity contribution in [3.8, 4) is 0 Å². The summed E-state index contributed by atoms with van der Waals surface area (Å²) in [7, 11) is 0. The maximum Gasteiger partial charge on any atom is 0.280 e. The highest BCUT2D eigenvalue weighted by Crippen LogP contribution is 2.37. The first-order chi connectivity index (χ1) is 14.5. The van der Waals surface area contributed by atoms with E-state index in [4.69, 9.17) is 20.9 Å².